The molecular weight excluding hydrogens is 390 g/mol. The summed E-state index contributed by atoms with van der Waals surface area (Å²) in [7, 11) is 0. The monoisotopic (exact) mass is 409 g/mol. The number of rotatable bonds is 7. The van der Waals surface area contributed by atoms with Crippen LogP contribution in [-0.4, -0.2) is 33.9 Å². The number of aromatic amines is 1. The Morgan fingerprint density at radius 2 is 2.14 bits per heavy atom. The van der Waals surface area contributed by atoms with E-state index in [2.05, 4.69) is 15.3 Å². The van der Waals surface area contributed by atoms with Crippen LogP contribution in [0.15, 0.2) is 47.3 Å². The molecule has 0 aliphatic carbocycles. The van der Waals surface area contributed by atoms with Crippen molar-refractivity contribution in [2.75, 3.05) is 18.4 Å². The number of H-pyrrole nitrogens is 1. The number of halogens is 1. The average Bonchev–Trinajstić information content (AvgIpc) is 2.70. The van der Waals surface area contributed by atoms with Gasteiger partial charge in [-0.1, -0.05) is 24.6 Å². The summed E-state index contributed by atoms with van der Waals surface area (Å²) in [5, 5.41) is 12.7. The number of benzene rings is 2. The molecule has 0 saturated heterocycles. The van der Waals surface area contributed by atoms with Gasteiger partial charge in [-0.2, -0.15) is 5.26 Å². The first-order chi connectivity index (χ1) is 14.0. The van der Waals surface area contributed by atoms with Gasteiger partial charge in [0.1, 0.15) is 5.82 Å². The van der Waals surface area contributed by atoms with Gasteiger partial charge >= 0.3 is 0 Å². The first-order valence-corrected chi connectivity index (χ1v) is 9.57. The summed E-state index contributed by atoms with van der Waals surface area (Å²) in [6, 6.07) is 13.8. The average molecular weight is 410 g/mol. The first-order valence-electron chi connectivity index (χ1n) is 9.19. The third-order valence-electron chi connectivity index (χ3n) is 4.47. The zero-order valence-corrected chi connectivity index (χ0v) is 16.7. The lowest BCUT2D eigenvalue weighted by Gasteiger charge is -2.19. The minimum absolute atomic E-state index is 0.148. The Hall–Kier alpha value is -3.21. The maximum absolute atomic E-state index is 12.3. The van der Waals surface area contributed by atoms with Gasteiger partial charge in [-0.25, -0.2) is 4.98 Å². The smallest absolute Gasteiger partial charge is 0.258 e. The minimum Gasteiger partial charge on any atom is -0.326 e. The van der Waals surface area contributed by atoms with Gasteiger partial charge in [0.25, 0.3) is 5.56 Å². The summed E-state index contributed by atoms with van der Waals surface area (Å²) >= 11 is 6.00. The molecule has 1 amide bonds. The van der Waals surface area contributed by atoms with Crippen molar-refractivity contribution in [1.82, 2.24) is 14.9 Å². The van der Waals surface area contributed by atoms with Crippen LogP contribution in [0.2, 0.25) is 5.02 Å². The van der Waals surface area contributed by atoms with E-state index in [-0.39, 0.29) is 17.9 Å². The van der Waals surface area contributed by atoms with E-state index in [4.69, 9.17) is 16.9 Å². The van der Waals surface area contributed by atoms with Gasteiger partial charge in [-0.3, -0.25) is 14.5 Å². The van der Waals surface area contributed by atoms with E-state index in [1.54, 1.807) is 42.5 Å². The maximum atomic E-state index is 12.3. The van der Waals surface area contributed by atoms with Crippen molar-refractivity contribution in [3.05, 3.63) is 69.2 Å². The zero-order valence-electron chi connectivity index (χ0n) is 15.9. The molecule has 0 saturated carbocycles. The molecule has 2 aromatic carbocycles. The van der Waals surface area contributed by atoms with E-state index >= 15 is 0 Å². The fourth-order valence-electron chi connectivity index (χ4n) is 2.95. The molecule has 0 aliphatic heterocycles. The Morgan fingerprint density at radius 3 is 2.90 bits per heavy atom. The van der Waals surface area contributed by atoms with Crippen molar-refractivity contribution in [2.45, 2.75) is 19.9 Å². The number of nitriles is 1. The molecule has 0 radical (unpaired) electrons. The number of hydrogen-bond acceptors (Lipinski definition) is 5. The fraction of sp³-hybridized carbons (Fsp3) is 0.238. The summed E-state index contributed by atoms with van der Waals surface area (Å²) in [5.74, 6) is 0.374. The van der Waals surface area contributed by atoms with Crippen molar-refractivity contribution in [3.63, 3.8) is 0 Å². The van der Waals surface area contributed by atoms with Gasteiger partial charge in [0.2, 0.25) is 5.91 Å². The predicted octanol–water partition coefficient (Wildman–Crippen LogP) is 3.30. The van der Waals surface area contributed by atoms with Gasteiger partial charge < -0.3 is 10.3 Å². The number of aromatic nitrogens is 2. The van der Waals surface area contributed by atoms with E-state index in [9.17, 15) is 9.59 Å². The second kappa shape index (κ2) is 9.32. The number of fused-ring (bicyclic) bond motifs is 1. The molecule has 7 nitrogen and oxygen atoms in total. The number of hydrogen-bond donors (Lipinski definition) is 2. The van der Waals surface area contributed by atoms with E-state index in [0.717, 1.165) is 0 Å². The standard InChI is InChI=1S/C21H20ClN5O2/c1-2-27(9-8-20(28)24-16-5-3-4-14(10-16)12-23)13-19-25-18-11-15(22)6-7-17(18)21(29)26-19/h3-7,10-11H,2,8-9,13H2,1H3,(H,24,28)(H,25,26,29). The van der Waals surface area contributed by atoms with Crippen LogP contribution in [0.25, 0.3) is 10.9 Å². The van der Waals surface area contributed by atoms with Gasteiger partial charge in [-0.05, 0) is 42.9 Å². The highest BCUT2D eigenvalue weighted by atomic mass is 35.5. The highest BCUT2D eigenvalue weighted by Gasteiger charge is 2.11. The topological polar surface area (TPSA) is 102 Å². The van der Waals surface area contributed by atoms with E-state index in [0.29, 0.717) is 52.6 Å². The predicted molar refractivity (Wildman–Crippen MR) is 113 cm³/mol. The van der Waals surface area contributed by atoms with Crippen LogP contribution in [-0.2, 0) is 11.3 Å². The van der Waals surface area contributed by atoms with E-state index in [1.807, 2.05) is 17.9 Å². The Kier molecular flexibility index (Phi) is 6.60. The molecule has 0 aliphatic rings. The molecule has 3 aromatic rings. The molecule has 1 aromatic heterocycles. The quantitative estimate of drug-likeness (QED) is 0.623. The van der Waals surface area contributed by atoms with Gasteiger partial charge in [-0.15, -0.1) is 0 Å². The molecule has 0 spiro atoms. The number of anilines is 1. The van der Waals surface area contributed by atoms with Crippen LogP contribution in [0, 0.1) is 11.3 Å². The molecule has 0 bridgehead atoms. The SMILES string of the molecule is CCN(CCC(=O)Nc1cccc(C#N)c1)Cc1nc2cc(Cl)ccc2c(=O)[nH]1. The second-order valence-electron chi connectivity index (χ2n) is 6.53. The summed E-state index contributed by atoms with van der Waals surface area (Å²) in [6.07, 6.45) is 0.272. The normalized spacial score (nSPS) is 10.8. The van der Waals surface area contributed by atoms with Crippen LogP contribution in [0.3, 0.4) is 0 Å². The number of amides is 1. The molecule has 0 unspecified atom stereocenters. The van der Waals surface area contributed by atoms with Crippen LogP contribution in [0.5, 0.6) is 0 Å². The number of carbonyl (C=O) groups excluding carboxylic acids is 1. The fourth-order valence-corrected chi connectivity index (χ4v) is 3.11. The van der Waals surface area contributed by atoms with Crippen LogP contribution < -0.4 is 10.9 Å². The van der Waals surface area contributed by atoms with Crippen LogP contribution in [0.1, 0.15) is 24.7 Å². The molecule has 148 valence electrons. The highest BCUT2D eigenvalue weighted by molar-refractivity contribution is 6.31. The van der Waals surface area contributed by atoms with Gasteiger partial charge in [0, 0.05) is 23.7 Å². The Bertz CT molecular complexity index is 1140. The van der Waals surface area contributed by atoms with E-state index < -0.39 is 0 Å². The lowest BCUT2D eigenvalue weighted by molar-refractivity contribution is -0.116. The van der Waals surface area contributed by atoms with Crippen molar-refractivity contribution in [1.29, 1.82) is 5.26 Å². The summed E-state index contributed by atoms with van der Waals surface area (Å²) in [4.78, 5) is 33.8. The molecule has 3 rings (SSSR count). The third-order valence-corrected chi connectivity index (χ3v) is 4.70. The molecule has 0 fully saturated rings. The first kappa shape index (κ1) is 20.5. The second-order valence-corrected chi connectivity index (χ2v) is 6.97. The Balaban J connectivity index is 1.63. The summed E-state index contributed by atoms with van der Waals surface area (Å²) < 4.78 is 0. The summed E-state index contributed by atoms with van der Waals surface area (Å²) in [6.45, 7) is 3.57. The number of carbonyl (C=O) groups is 1. The van der Waals surface area contributed by atoms with Crippen molar-refractivity contribution >= 4 is 34.1 Å². The van der Waals surface area contributed by atoms with Crippen molar-refractivity contribution in [2.24, 2.45) is 0 Å². The molecule has 8 heteroatoms. The van der Waals surface area contributed by atoms with Crippen molar-refractivity contribution < 1.29 is 4.79 Å². The maximum Gasteiger partial charge on any atom is 0.258 e. The van der Waals surface area contributed by atoms with Gasteiger partial charge in [0.05, 0.1) is 29.1 Å². The van der Waals surface area contributed by atoms with Crippen LogP contribution in [0.4, 0.5) is 5.69 Å². The van der Waals surface area contributed by atoms with Crippen molar-refractivity contribution in [3.8, 4) is 6.07 Å². The molecule has 1 heterocycles. The summed E-state index contributed by atoms with van der Waals surface area (Å²) in [5.41, 5.74) is 1.41. The highest BCUT2D eigenvalue weighted by Crippen LogP contribution is 2.15. The molecule has 2 N–H and O–H groups in total. The number of nitrogens with one attached hydrogen (secondary N) is 2. The van der Waals surface area contributed by atoms with Crippen LogP contribution >= 0.6 is 11.6 Å². The largest absolute Gasteiger partial charge is 0.326 e. The molecule has 0 atom stereocenters. The molecule has 29 heavy (non-hydrogen) atoms. The minimum atomic E-state index is -0.215. The molecular formula is C21H20ClN5O2. The van der Waals surface area contributed by atoms with E-state index in [1.165, 1.54) is 0 Å². The third kappa shape index (κ3) is 5.41. The zero-order chi connectivity index (χ0) is 20.8. The number of nitrogens with zero attached hydrogens (tertiary/aromatic N) is 3. The lowest BCUT2D eigenvalue weighted by atomic mass is 10.2. The Morgan fingerprint density at radius 1 is 1.31 bits per heavy atom. The lowest BCUT2D eigenvalue weighted by Crippen LogP contribution is -2.29. The Labute approximate surface area is 172 Å². The van der Waals surface area contributed by atoms with Gasteiger partial charge in [0.15, 0.2) is 0 Å².